The van der Waals surface area contributed by atoms with E-state index in [2.05, 4.69) is 16.8 Å². The van der Waals surface area contributed by atoms with Crippen molar-refractivity contribution in [2.45, 2.75) is 13.0 Å². The number of carbonyl (C=O) groups excluding carboxylic acids is 1. The maximum absolute atomic E-state index is 12.6. The average Bonchev–Trinajstić information content (AvgIpc) is 2.79. The second-order valence-electron chi connectivity index (χ2n) is 5.50. The van der Waals surface area contributed by atoms with E-state index in [1.807, 2.05) is 14.1 Å². The van der Waals surface area contributed by atoms with E-state index in [9.17, 15) is 14.9 Å². The minimum absolute atomic E-state index is 0.00777. The average molecular weight is 313 g/mol. The van der Waals surface area contributed by atoms with E-state index in [1.54, 1.807) is 4.90 Å². The van der Waals surface area contributed by atoms with Crippen molar-refractivity contribution >= 4 is 23.2 Å². The van der Waals surface area contributed by atoms with E-state index in [1.165, 1.54) is 6.07 Å². The standard InChI is InChI=1S/C13H17ClN4O3/c1-8-6-17(7-11(8)16(2)3)13(19)9-4-12(14)15-5-10(9)18(20)21/h4-5,8,11H,6-7H2,1-3H3. The predicted molar refractivity (Wildman–Crippen MR) is 78.4 cm³/mol. The number of hydrogen-bond acceptors (Lipinski definition) is 5. The fourth-order valence-corrected chi connectivity index (χ4v) is 2.86. The van der Waals surface area contributed by atoms with Gasteiger partial charge in [0.05, 0.1) is 4.92 Å². The van der Waals surface area contributed by atoms with Gasteiger partial charge in [0.15, 0.2) is 0 Å². The lowest BCUT2D eigenvalue weighted by atomic mass is 10.1. The minimum atomic E-state index is -0.612. The highest BCUT2D eigenvalue weighted by Crippen LogP contribution is 2.26. The van der Waals surface area contributed by atoms with Crippen molar-refractivity contribution in [2.24, 2.45) is 5.92 Å². The molecule has 0 spiro atoms. The normalized spacial score (nSPS) is 21.9. The third-order valence-electron chi connectivity index (χ3n) is 3.80. The van der Waals surface area contributed by atoms with E-state index in [0.29, 0.717) is 19.0 Å². The van der Waals surface area contributed by atoms with Crippen LogP contribution in [0.1, 0.15) is 17.3 Å². The van der Waals surface area contributed by atoms with Gasteiger partial charge >= 0.3 is 0 Å². The summed E-state index contributed by atoms with van der Waals surface area (Å²) in [7, 11) is 3.92. The molecule has 8 heteroatoms. The van der Waals surface area contributed by atoms with Crippen molar-refractivity contribution in [1.29, 1.82) is 0 Å². The molecule has 1 aliphatic rings. The molecule has 0 aliphatic carbocycles. The highest BCUT2D eigenvalue weighted by molar-refractivity contribution is 6.29. The first-order valence-corrected chi connectivity index (χ1v) is 6.94. The van der Waals surface area contributed by atoms with Gasteiger partial charge in [-0.2, -0.15) is 0 Å². The number of rotatable bonds is 3. The topological polar surface area (TPSA) is 79.6 Å². The number of carbonyl (C=O) groups is 1. The van der Waals surface area contributed by atoms with Crippen LogP contribution in [0.25, 0.3) is 0 Å². The summed E-state index contributed by atoms with van der Waals surface area (Å²) in [4.78, 5) is 30.3. The Morgan fingerprint density at radius 3 is 2.71 bits per heavy atom. The van der Waals surface area contributed by atoms with Crippen LogP contribution >= 0.6 is 11.6 Å². The summed E-state index contributed by atoms with van der Waals surface area (Å²) in [5, 5.41) is 11.1. The van der Waals surface area contributed by atoms with Crippen LogP contribution in [0.3, 0.4) is 0 Å². The van der Waals surface area contributed by atoms with Gasteiger partial charge in [-0.3, -0.25) is 14.9 Å². The largest absolute Gasteiger partial charge is 0.337 e. The SMILES string of the molecule is CC1CN(C(=O)c2cc(Cl)ncc2[N+](=O)[O-])CC1N(C)C. The Labute approximate surface area is 127 Å². The summed E-state index contributed by atoms with van der Waals surface area (Å²) in [6.07, 6.45) is 1.03. The van der Waals surface area contributed by atoms with Crippen LogP contribution < -0.4 is 0 Å². The van der Waals surface area contributed by atoms with Gasteiger partial charge in [0, 0.05) is 19.1 Å². The van der Waals surface area contributed by atoms with Gasteiger partial charge in [0.1, 0.15) is 16.9 Å². The second-order valence-corrected chi connectivity index (χ2v) is 5.89. The molecule has 21 heavy (non-hydrogen) atoms. The number of nitrogens with zero attached hydrogens (tertiary/aromatic N) is 4. The zero-order valence-electron chi connectivity index (χ0n) is 12.1. The third-order valence-corrected chi connectivity index (χ3v) is 4.01. The van der Waals surface area contributed by atoms with Crippen molar-refractivity contribution in [3.63, 3.8) is 0 Å². The van der Waals surface area contributed by atoms with Crippen molar-refractivity contribution < 1.29 is 9.72 Å². The van der Waals surface area contributed by atoms with Crippen LogP contribution in [0.4, 0.5) is 5.69 Å². The first-order chi connectivity index (χ1) is 9.81. The second kappa shape index (κ2) is 5.95. The van der Waals surface area contributed by atoms with Crippen molar-refractivity contribution in [1.82, 2.24) is 14.8 Å². The van der Waals surface area contributed by atoms with Crippen molar-refractivity contribution in [3.05, 3.63) is 33.1 Å². The van der Waals surface area contributed by atoms with Crippen LogP contribution in [0.2, 0.25) is 5.15 Å². The van der Waals surface area contributed by atoms with Crippen molar-refractivity contribution in [2.75, 3.05) is 27.2 Å². The Kier molecular flexibility index (Phi) is 4.43. The summed E-state index contributed by atoms with van der Waals surface area (Å²) in [5.74, 6) is -0.0671. The highest BCUT2D eigenvalue weighted by Gasteiger charge is 2.36. The number of halogens is 1. The van der Waals surface area contributed by atoms with Gasteiger partial charge in [0.2, 0.25) is 0 Å². The molecular weight excluding hydrogens is 296 g/mol. The molecule has 2 atom stereocenters. The molecule has 1 aliphatic heterocycles. The van der Waals surface area contributed by atoms with Crippen LogP contribution in [0.15, 0.2) is 12.3 Å². The predicted octanol–water partition coefficient (Wildman–Crippen LogP) is 1.67. The quantitative estimate of drug-likeness (QED) is 0.482. The van der Waals surface area contributed by atoms with Gasteiger partial charge in [-0.1, -0.05) is 18.5 Å². The summed E-state index contributed by atoms with van der Waals surface area (Å²) >= 11 is 5.77. The Morgan fingerprint density at radius 1 is 1.52 bits per heavy atom. The Hall–Kier alpha value is -1.73. The fraction of sp³-hybridized carbons (Fsp3) is 0.538. The molecule has 0 radical (unpaired) electrons. The van der Waals surface area contributed by atoms with E-state index in [4.69, 9.17) is 11.6 Å². The molecule has 1 saturated heterocycles. The zero-order chi connectivity index (χ0) is 15.7. The molecule has 0 saturated carbocycles. The number of likely N-dealkylation sites (tertiary alicyclic amines) is 1. The van der Waals surface area contributed by atoms with Crippen LogP contribution in [0, 0.1) is 16.0 Å². The molecule has 7 nitrogen and oxygen atoms in total. The summed E-state index contributed by atoms with van der Waals surface area (Å²) < 4.78 is 0. The van der Waals surface area contributed by atoms with Gasteiger partial charge in [-0.25, -0.2) is 4.98 Å². The van der Waals surface area contributed by atoms with Gasteiger partial charge in [-0.05, 0) is 26.1 Å². The first kappa shape index (κ1) is 15.7. The lowest BCUT2D eigenvalue weighted by Crippen LogP contribution is -2.36. The van der Waals surface area contributed by atoms with Crippen molar-refractivity contribution in [3.8, 4) is 0 Å². The third kappa shape index (κ3) is 3.14. The molecule has 1 amide bonds. The van der Waals surface area contributed by atoms with E-state index < -0.39 is 4.92 Å². The molecule has 1 aromatic rings. The number of hydrogen-bond donors (Lipinski definition) is 0. The molecule has 2 unspecified atom stereocenters. The molecule has 2 heterocycles. The molecule has 2 rings (SSSR count). The molecule has 0 aromatic carbocycles. The molecular formula is C13H17ClN4O3. The zero-order valence-corrected chi connectivity index (χ0v) is 12.9. The monoisotopic (exact) mass is 312 g/mol. The number of amides is 1. The lowest BCUT2D eigenvalue weighted by molar-refractivity contribution is -0.385. The maximum atomic E-state index is 12.6. The van der Waals surface area contributed by atoms with Crippen LogP contribution in [0.5, 0.6) is 0 Å². The van der Waals surface area contributed by atoms with E-state index in [0.717, 1.165) is 6.20 Å². The highest BCUT2D eigenvalue weighted by atomic mass is 35.5. The fourth-order valence-electron chi connectivity index (χ4n) is 2.70. The minimum Gasteiger partial charge on any atom is -0.337 e. The number of likely N-dealkylation sites (N-methyl/N-ethyl adjacent to an activating group) is 1. The molecule has 114 valence electrons. The van der Waals surface area contributed by atoms with Gasteiger partial charge < -0.3 is 9.80 Å². The van der Waals surface area contributed by atoms with Gasteiger partial charge in [-0.15, -0.1) is 0 Å². The summed E-state index contributed by atoms with van der Waals surface area (Å²) in [6.45, 7) is 3.18. The van der Waals surface area contributed by atoms with E-state index >= 15 is 0 Å². The van der Waals surface area contributed by atoms with E-state index in [-0.39, 0.29) is 28.4 Å². The molecule has 1 fully saturated rings. The van der Waals surface area contributed by atoms with Crippen LogP contribution in [-0.2, 0) is 0 Å². The summed E-state index contributed by atoms with van der Waals surface area (Å²) in [5.41, 5.74) is -0.322. The van der Waals surface area contributed by atoms with Gasteiger partial charge in [0.25, 0.3) is 11.6 Å². The Balaban J connectivity index is 2.29. The molecule has 0 bridgehead atoms. The molecule has 0 N–H and O–H groups in total. The Bertz CT molecular complexity index is 579. The summed E-state index contributed by atoms with van der Waals surface area (Å²) in [6, 6.07) is 1.50. The number of aromatic nitrogens is 1. The smallest absolute Gasteiger partial charge is 0.300 e. The maximum Gasteiger partial charge on any atom is 0.300 e. The Morgan fingerprint density at radius 2 is 2.19 bits per heavy atom. The number of pyridine rings is 1. The molecule has 1 aromatic heterocycles. The first-order valence-electron chi connectivity index (χ1n) is 6.57. The van der Waals surface area contributed by atoms with Crippen LogP contribution in [-0.4, -0.2) is 58.8 Å². The lowest BCUT2D eigenvalue weighted by Gasteiger charge is -2.22. The number of nitro groups is 1.